The van der Waals surface area contributed by atoms with E-state index in [1.165, 1.54) is 18.2 Å². The lowest BCUT2D eigenvalue weighted by molar-refractivity contribution is -0.158. The van der Waals surface area contributed by atoms with Crippen LogP contribution in [0.2, 0.25) is 0 Å². The maximum Gasteiger partial charge on any atom is 0.336 e. The van der Waals surface area contributed by atoms with Crippen molar-refractivity contribution in [2.24, 2.45) is 5.92 Å². The van der Waals surface area contributed by atoms with Gasteiger partial charge in [-0.1, -0.05) is 42.5 Å². The number of hydrogen-bond donors (Lipinski definition) is 3. The molecule has 8 nitrogen and oxygen atoms in total. The van der Waals surface area contributed by atoms with E-state index >= 15 is 0 Å². The van der Waals surface area contributed by atoms with Gasteiger partial charge in [0, 0.05) is 6.42 Å². The Morgan fingerprint density at radius 3 is 2.28 bits per heavy atom. The summed E-state index contributed by atoms with van der Waals surface area (Å²) < 4.78 is 0. The van der Waals surface area contributed by atoms with Crippen molar-refractivity contribution in [3.05, 3.63) is 71.3 Å². The first-order chi connectivity index (χ1) is 13.8. The molecular formula is C21H21NO7. The van der Waals surface area contributed by atoms with Crippen LogP contribution in [0.15, 0.2) is 54.6 Å². The van der Waals surface area contributed by atoms with Gasteiger partial charge < -0.3 is 15.1 Å². The minimum atomic E-state index is -1.10. The summed E-state index contributed by atoms with van der Waals surface area (Å²) in [7, 11) is 0. The van der Waals surface area contributed by atoms with Gasteiger partial charge in [-0.2, -0.15) is 5.48 Å². The Morgan fingerprint density at radius 2 is 1.62 bits per heavy atom. The summed E-state index contributed by atoms with van der Waals surface area (Å²) in [4.78, 5) is 50.8. The predicted molar refractivity (Wildman–Crippen MR) is 102 cm³/mol. The Morgan fingerprint density at radius 1 is 0.931 bits per heavy atom. The van der Waals surface area contributed by atoms with Crippen LogP contribution in [0, 0.1) is 5.92 Å². The molecule has 0 saturated heterocycles. The Hall–Kier alpha value is -3.68. The fourth-order valence-corrected chi connectivity index (χ4v) is 2.70. The highest BCUT2D eigenvalue weighted by Crippen LogP contribution is 2.16. The van der Waals surface area contributed by atoms with Crippen molar-refractivity contribution in [1.82, 2.24) is 5.48 Å². The van der Waals surface area contributed by atoms with Gasteiger partial charge >= 0.3 is 17.9 Å². The third-order valence-electron chi connectivity index (χ3n) is 4.20. The molecular weight excluding hydrogens is 378 g/mol. The SMILES string of the molecule is O=C(CCC(Cc1cccc(C(=O)O)c1)C(=O)O)NOC(=O)Cc1ccccc1. The summed E-state index contributed by atoms with van der Waals surface area (Å²) in [6.07, 6.45) is -0.0702. The molecule has 0 aliphatic carbocycles. The fourth-order valence-electron chi connectivity index (χ4n) is 2.70. The lowest BCUT2D eigenvalue weighted by atomic mass is 9.94. The van der Waals surface area contributed by atoms with Gasteiger partial charge in [0.05, 0.1) is 17.9 Å². The number of carboxylic acids is 2. The van der Waals surface area contributed by atoms with E-state index in [9.17, 15) is 24.3 Å². The monoisotopic (exact) mass is 399 g/mol. The van der Waals surface area contributed by atoms with Crippen LogP contribution in [0.3, 0.4) is 0 Å². The summed E-state index contributed by atoms with van der Waals surface area (Å²) in [5.41, 5.74) is 3.38. The van der Waals surface area contributed by atoms with Gasteiger partial charge in [-0.25, -0.2) is 9.59 Å². The van der Waals surface area contributed by atoms with Crippen LogP contribution in [0.5, 0.6) is 0 Å². The van der Waals surface area contributed by atoms with Gasteiger partial charge in [0.15, 0.2) is 0 Å². The minimum absolute atomic E-state index is 0.00120. The summed E-state index contributed by atoms with van der Waals surface area (Å²) in [6.45, 7) is 0. The van der Waals surface area contributed by atoms with Gasteiger partial charge in [0.1, 0.15) is 0 Å². The molecule has 0 saturated carbocycles. The van der Waals surface area contributed by atoms with Crippen LogP contribution in [-0.4, -0.2) is 34.0 Å². The molecule has 0 aliphatic rings. The van der Waals surface area contributed by atoms with Crippen molar-refractivity contribution in [3.63, 3.8) is 0 Å². The maximum absolute atomic E-state index is 11.9. The van der Waals surface area contributed by atoms with Crippen molar-refractivity contribution < 1.29 is 34.2 Å². The number of nitrogens with one attached hydrogen (secondary N) is 1. The van der Waals surface area contributed by atoms with E-state index in [0.29, 0.717) is 5.56 Å². The van der Waals surface area contributed by atoms with Crippen molar-refractivity contribution in [3.8, 4) is 0 Å². The average molecular weight is 399 g/mol. The zero-order chi connectivity index (χ0) is 21.2. The molecule has 0 aliphatic heterocycles. The fraction of sp³-hybridized carbons (Fsp3) is 0.238. The number of carbonyl (C=O) groups excluding carboxylic acids is 2. The second kappa shape index (κ2) is 10.6. The highest BCUT2D eigenvalue weighted by Gasteiger charge is 2.20. The molecule has 29 heavy (non-hydrogen) atoms. The Labute approximate surface area is 167 Å². The molecule has 0 aromatic heterocycles. The predicted octanol–water partition coefficient (Wildman–Crippen LogP) is 2.23. The molecule has 1 amide bonds. The van der Waals surface area contributed by atoms with E-state index in [1.807, 2.05) is 11.5 Å². The van der Waals surface area contributed by atoms with Crippen LogP contribution >= 0.6 is 0 Å². The Balaban J connectivity index is 1.81. The lowest BCUT2D eigenvalue weighted by Crippen LogP contribution is -2.29. The molecule has 0 fully saturated rings. The topological polar surface area (TPSA) is 130 Å². The van der Waals surface area contributed by atoms with E-state index in [4.69, 9.17) is 9.94 Å². The van der Waals surface area contributed by atoms with Crippen molar-refractivity contribution in [1.29, 1.82) is 0 Å². The normalized spacial score (nSPS) is 11.3. The minimum Gasteiger partial charge on any atom is -0.481 e. The first kappa shape index (κ1) is 21.6. The number of carbonyl (C=O) groups is 4. The summed E-state index contributed by atoms with van der Waals surface area (Å²) >= 11 is 0. The van der Waals surface area contributed by atoms with Gasteiger partial charge in [-0.15, -0.1) is 0 Å². The van der Waals surface area contributed by atoms with E-state index in [2.05, 4.69) is 0 Å². The standard InChI is InChI=1S/C21H21NO7/c23-18(22-29-19(24)13-14-5-2-1-3-6-14)10-9-17(21(27)28)12-15-7-4-8-16(11-15)20(25)26/h1-8,11,17H,9-10,12-13H2,(H,22,23)(H,25,26)(H,27,28). The maximum atomic E-state index is 11.9. The molecule has 2 aromatic carbocycles. The Kier molecular flexibility index (Phi) is 7.90. The number of aliphatic carboxylic acids is 1. The summed E-state index contributed by atoms with van der Waals surface area (Å²) in [6, 6.07) is 14.9. The van der Waals surface area contributed by atoms with Gasteiger partial charge in [-0.05, 0) is 36.1 Å². The molecule has 2 aromatic rings. The quantitative estimate of drug-likeness (QED) is 0.551. The molecule has 3 N–H and O–H groups in total. The molecule has 152 valence electrons. The number of hydroxylamine groups is 1. The van der Waals surface area contributed by atoms with E-state index in [-0.39, 0.29) is 31.2 Å². The van der Waals surface area contributed by atoms with Crippen LogP contribution < -0.4 is 5.48 Å². The number of benzene rings is 2. The van der Waals surface area contributed by atoms with Crippen molar-refractivity contribution >= 4 is 23.8 Å². The molecule has 0 bridgehead atoms. The number of aromatic carboxylic acids is 1. The molecule has 0 heterocycles. The van der Waals surface area contributed by atoms with E-state index < -0.39 is 29.7 Å². The zero-order valence-electron chi connectivity index (χ0n) is 15.5. The molecule has 1 atom stereocenters. The van der Waals surface area contributed by atoms with E-state index in [1.54, 1.807) is 30.3 Å². The molecule has 8 heteroatoms. The van der Waals surface area contributed by atoms with Crippen molar-refractivity contribution in [2.45, 2.75) is 25.7 Å². The first-order valence-corrected chi connectivity index (χ1v) is 8.92. The van der Waals surface area contributed by atoms with Crippen LogP contribution in [0.25, 0.3) is 0 Å². The molecule has 0 spiro atoms. The van der Waals surface area contributed by atoms with Crippen molar-refractivity contribution in [2.75, 3.05) is 0 Å². The Bertz CT molecular complexity index is 880. The smallest absolute Gasteiger partial charge is 0.336 e. The van der Waals surface area contributed by atoms with E-state index in [0.717, 1.165) is 5.56 Å². The second-order valence-electron chi connectivity index (χ2n) is 6.45. The van der Waals surface area contributed by atoms with Crippen LogP contribution in [-0.2, 0) is 32.1 Å². The highest BCUT2D eigenvalue weighted by molar-refractivity contribution is 5.87. The first-order valence-electron chi connectivity index (χ1n) is 8.92. The zero-order valence-corrected chi connectivity index (χ0v) is 15.5. The number of hydrogen-bond acceptors (Lipinski definition) is 5. The van der Waals surface area contributed by atoms with Gasteiger partial charge in [0.25, 0.3) is 5.91 Å². The third-order valence-corrected chi connectivity index (χ3v) is 4.20. The van der Waals surface area contributed by atoms with Crippen LogP contribution in [0.1, 0.15) is 34.3 Å². The second-order valence-corrected chi connectivity index (χ2v) is 6.45. The van der Waals surface area contributed by atoms with Gasteiger partial charge in [-0.3, -0.25) is 9.59 Å². The molecule has 1 unspecified atom stereocenters. The third kappa shape index (κ3) is 7.45. The molecule has 2 rings (SSSR count). The summed E-state index contributed by atoms with van der Waals surface area (Å²) in [5, 5.41) is 18.4. The highest BCUT2D eigenvalue weighted by atomic mass is 16.7. The van der Waals surface area contributed by atoms with Crippen LogP contribution in [0.4, 0.5) is 0 Å². The largest absolute Gasteiger partial charge is 0.481 e. The molecule has 0 radical (unpaired) electrons. The number of amides is 1. The van der Waals surface area contributed by atoms with Gasteiger partial charge in [0.2, 0.25) is 0 Å². The lowest BCUT2D eigenvalue weighted by Gasteiger charge is -2.13. The summed E-state index contributed by atoms with van der Waals surface area (Å²) in [5.74, 6) is -4.33. The average Bonchev–Trinajstić information content (AvgIpc) is 2.70. The number of rotatable bonds is 9. The number of carboxylic acid groups (broad SMARTS) is 2.